The smallest absolute Gasteiger partial charge is 0.230 e. The van der Waals surface area contributed by atoms with Crippen LogP contribution in [0.3, 0.4) is 0 Å². The molecular formula is C21H23N5O2S. The van der Waals surface area contributed by atoms with Crippen LogP contribution in [-0.2, 0) is 11.3 Å². The number of aromatic nitrogens is 4. The van der Waals surface area contributed by atoms with Gasteiger partial charge in [0, 0.05) is 0 Å². The minimum absolute atomic E-state index is 0.0167. The van der Waals surface area contributed by atoms with Gasteiger partial charge in [0.1, 0.15) is 5.75 Å². The van der Waals surface area contributed by atoms with Gasteiger partial charge in [0.15, 0.2) is 0 Å². The molecule has 29 heavy (non-hydrogen) atoms. The largest absolute Gasteiger partial charge is 0.497 e. The Morgan fingerprint density at radius 3 is 2.66 bits per heavy atom. The third-order valence-corrected chi connectivity index (χ3v) is 5.85. The minimum atomic E-state index is -0.0167. The number of tetrazole rings is 1. The lowest BCUT2D eigenvalue weighted by atomic mass is 10.0. The van der Waals surface area contributed by atoms with Crippen molar-refractivity contribution >= 4 is 17.7 Å². The number of methoxy groups -OCH3 is 1. The van der Waals surface area contributed by atoms with E-state index in [1.165, 1.54) is 11.8 Å². The predicted octanol–water partition coefficient (Wildman–Crippen LogP) is 3.09. The maximum Gasteiger partial charge on any atom is 0.230 e. The van der Waals surface area contributed by atoms with Gasteiger partial charge in [0.05, 0.1) is 25.4 Å². The Hall–Kier alpha value is -2.87. The first-order chi connectivity index (χ1) is 14.2. The lowest BCUT2D eigenvalue weighted by Crippen LogP contribution is -2.31. The van der Waals surface area contributed by atoms with E-state index in [-0.39, 0.29) is 17.7 Å². The molecule has 1 fully saturated rings. The van der Waals surface area contributed by atoms with Crippen molar-refractivity contribution in [2.24, 2.45) is 5.92 Å². The average molecular weight is 410 g/mol. The lowest BCUT2D eigenvalue weighted by molar-refractivity contribution is -0.119. The molecule has 150 valence electrons. The Labute approximate surface area is 173 Å². The summed E-state index contributed by atoms with van der Waals surface area (Å²) in [6.45, 7) is 0.578. The molecule has 0 bridgehead atoms. The highest BCUT2D eigenvalue weighted by atomic mass is 32.2. The maximum atomic E-state index is 12.6. The normalized spacial score (nSPS) is 14.4. The van der Waals surface area contributed by atoms with Crippen molar-refractivity contribution in [3.8, 4) is 5.75 Å². The number of carbonyl (C=O) groups is 1. The summed E-state index contributed by atoms with van der Waals surface area (Å²) in [5.41, 5.74) is 2.22. The number of amides is 1. The van der Waals surface area contributed by atoms with Crippen LogP contribution < -0.4 is 10.1 Å². The average Bonchev–Trinajstić information content (AvgIpc) is 3.51. The second-order valence-electron chi connectivity index (χ2n) is 7.05. The Bertz CT molecular complexity index is 941. The summed E-state index contributed by atoms with van der Waals surface area (Å²) in [6, 6.07) is 17.9. The van der Waals surface area contributed by atoms with E-state index in [0.717, 1.165) is 29.7 Å². The number of hydrogen-bond acceptors (Lipinski definition) is 6. The fourth-order valence-electron chi connectivity index (χ4n) is 3.21. The zero-order valence-electron chi connectivity index (χ0n) is 16.2. The molecule has 1 aromatic heterocycles. The lowest BCUT2D eigenvalue weighted by Gasteiger charge is -2.19. The van der Waals surface area contributed by atoms with E-state index in [2.05, 4.69) is 20.8 Å². The molecule has 3 aromatic rings. The van der Waals surface area contributed by atoms with Crippen molar-refractivity contribution < 1.29 is 9.53 Å². The molecule has 7 nitrogen and oxygen atoms in total. The quantitative estimate of drug-likeness (QED) is 0.547. The van der Waals surface area contributed by atoms with Crippen LogP contribution in [0.5, 0.6) is 5.75 Å². The van der Waals surface area contributed by atoms with Crippen LogP contribution in [0.15, 0.2) is 59.8 Å². The summed E-state index contributed by atoms with van der Waals surface area (Å²) in [7, 11) is 1.65. The Morgan fingerprint density at radius 2 is 1.97 bits per heavy atom. The molecule has 8 heteroatoms. The molecule has 1 aliphatic carbocycles. The number of carbonyl (C=O) groups excluding carboxylic acids is 1. The number of hydrogen-bond donors (Lipinski definition) is 1. The Balaban J connectivity index is 1.35. The molecule has 1 atom stereocenters. The molecule has 1 N–H and O–H groups in total. The minimum Gasteiger partial charge on any atom is -0.497 e. The number of nitrogens with zero attached hydrogens (tertiary/aromatic N) is 4. The third-order valence-electron chi connectivity index (χ3n) is 4.89. The molecular weight excluding hydrogens is 386 g/mol. The van der Waals surface area contributed by atoms with Crippen LogP contribution in [0.1, 0.15) is 30.0 Å². The standard InChI is InChI=1S/C21H23N5O2S/c1-28-18-11-9-17(10-12-18)20(16-7-8-16)22-19(27)14-29-21-23-24-25-26(21)13-15-5-3-2-4-6-15/h2-6,9-12,16,20H,7-8,13-14H2,1H3,(H,22,27). The van der Waals surface area contributed by atoms with E-state index in [1.807, 2.05) is 54.6 Å². The number of thioether (sulfide) groups is 1. The van der Waals surface area contributed by atoms with E-state index >= 15 is 0 Å². The molecule has 1 saturated carbocycles. The van der Waals surface area contributed by atoms with Crippen LogP contribution in [0.25, 0.3) is 0 Å². The Kier molecular flexibility index (Phi) is 6.09. The zero-order valence-corrected chi connectivity index (χ0v) is 17.0. The van der Waals surface area contributed by atoms with Crippen LogP contribution in [0, 0.1) is 5.92 Å². The molecule has 1 amide bonds. The number of rotatable bonds is 9. The summed E-state index contributed by atoms with van der Waals surface area (Å²) in [4.78, 5) is 12.6. The van der Waals surface area contributed by atoms with Gasteiger partial charge in [0.2, 0.25) is 11.1 Å². The molecule has 4 rings (SSSR count). The fraction of sp³-hybridized carbons (Fsp3) is 0.333. The monoisotopic (exact) mass is 409 g/mol. The van der Waals surface area contributed by atoms with E-state index in [0.29, 0.717) is 17.6 Å². The summed E-state index contributed by atoms with van der Waals surface area (Å²) in [5, 5.41) is 15.7. The van der Waals surface area contributed by atoms with E-state index < -0.39 is 0 Å². The van der Waals surface area contributed by atoms with Crippen LogP contribution in [0.2, 0.25) is 0 Å². The van der Waals surface area contributed by atoms with Crippen LogP contribution in [0.4, 0.5) is 0 Å². The van der Waals surface area contributed by atoms with Crippen molar-refractivity contribution in [2.45, 2.75) is 30.6 Å². The van der Waals surface area contributed by atoms with Crippen LogP contribution in [-0.4, -0.2) is 39.0 Å². The fourth-order valence-corrected chi connectivity index (χ4v) is 3.90. The molecule has 0 aliphatic heterocycles. The van der Waals surface area contributed by atoms with Crippen molar-refractivity contribution in [1.82, 2.24) is 25.5 Å². The van der Waals surface area contributed by atoms with Gasteiger partial charge in [-0.1, -0.05) is 54.2 Å². The molecule has 0 saturated heterocycles. The van der Waals surface area contributed by atoms with Gasteiger partial charge in [-0.3, -0.25) is 4.79 Å². The highest BCUT2D eigenvalue weighted by Gasteiger charge is 2.33. The van der Waals surface area contributed by atoms with Crippen molar-refractivity contribution in [1.29, 1.82) is 0 Å². The molecule has 1 unspecified atom stereocenters. The topological polar surface area (TPSA) is 81.9 Å². The van der Waals surface area contributed by atoms with Crippen molar-refractivity contribution in [2.75, 3.05) is 12.9 Å². The van der Waals surface area contributed by atoms with Gasteiger partial charge in [-0.2, -0.15) is 0 Å². The highest BCUT2D eigenvalue weighted by Crippen LogP contribution is 2.41. The van der Waals surface area contributed by atoms with E-state index in [9.17, 15) is 4.79 Å². The summed E-state index contributed by atoms with van der Waals surface area (Å²) in [6.07, 6.45) is 2.28. The number of ether oxygens (including phenoxy) is 1. The first-order valence-electron chi connectivity index (χ1n) is 9.59. The second-order valence-corrected chi connectivity index (χ2v) is 7.99. The maximum absolute atomic E-state index is 12.6. The first-order valence-corrected chi connectivity index (χ1v) is 10.6. The number of nitrogens with one attached hydrogen (secondary N) is 1. The van der Waals surface area contributed by atoms with Crippen LogP contribution >= 0.6 is 11.8 Å². The van der Waals surface area contributed by atoms with Gasteiger partial charge in [-0.05, 0) is 52.4 Å². The van der Waals surface area contributed by atoms with Gasteiger partial charge >= 0.3 is 0 Å². The highest BCUT2D eigenvalue weighted by molar-refractivity contribution is 7.99. The zero-order chi connectivity index (χ0) is 20.1. The first kappa shape index (κ1) is 19.4. The van der Waals surface area contributed by atoms with Gasteiger partial charge in [0.25, 0.3) is 0 Å². The van der Waals surface area contributed by atoms with Crippen molar-refractivity contribution in [3.63, 3.8) is 0 Å². The number of benzene rings is 2. The summed E-state index contributed by atoms with van der Waals surface area (Å²) >= 11 is 1.35. The van der Waals surface area contributed by atoms with E-state index in [1.54, 1.807) is 11.8 Å². The summed E-state index contributed by atoms with van der Waals surface area (Å²) < 4.78 is 6.95. The molecule has 0 spiro atoms. The molecule has 1 heterocycles. The van der Waals surface area contributed by atoms with E-state index in [4.69, 9.17) is 4.74 Å². The van der Waals surface area contributed by atoms with Crippen molar-refractivity contribution in [3.05, 3.63) is 65.7 Å². The SMILES string of the molecule is COc1ccc(C(NC(=O)CSc2nnnn2Cc2ccccc2)C2CC2)cc1. The summed E-state index contributed by atoms with van der Waals surface area (Å²) in [5.74, 6) is 1.57. The third kappa shape index (κ3) is 5.14. The Morgan fingerprint density at radius 1 is 1.21 bits per heavy atom. The molecule has 0 radical (unpaired) electrons. The van der Waals surface area contributed by atoms with Gasteiger partial charge in [-0.15, -0.1) is 5.10 Å². The second kappa shape index (κ2) is 9.09. The predicted molar refractivity (Wildman–Crippen MR) is 111 cm³/mol. The molecule has 2 aromatic carbocycles. The van der Waals surface area contributed by atoms with Gasteiger partial charge in [-0.25, -0.2) is 4.68 Å². The molecule has 1 aliphatic rings. The van der Waals surface area contributed by atoms with Gasteiger partial charge < -0.3 is 10.1 Å².